The smallest absolute Gasteiger partial charge is 0.0587 e. The van der Waals surface area contributed by atoms with Gasteiger partial charge in [-0.2, -0.15) is 0 Å². The fourth-order valence-electron chi connectivity index (χ4n) is 1.74. The van der Waals surface area contributed by atoms with E-state index in [1.807, 2.05) is 0 Å². The molecule has 1 aromatic rings. The van der Waals surface area contributed by atoms with Crippen LogP contribution in [0.5, 0.6) is 0 Å². The lowest BCUT2D eigenvalue weighted by Gasteiger charge is -2.13. The quantitative estimate of drug-likeness (QED) is 0.639. The van der Waals surface area contributed by atoms with E-state index in [9.17, 15) is 0 Å². The van der Waals surface area contributed by atoms with Gasteiger partial charge in [-0.15, -0.1) is 11.6 Å². The minimum atomic E-state index is 0.161. The van der Waals surface area contributed by atoms with Crippen LogP contribution in [0.1, 0.15) is 42.3 Å². The maximum atomic E-state index is 6.35. The maximum Gasteiger partial charge on any atom is 0.0587 e. The minimum Gasteiger partial charge on any atom is -0.118 e. The Labute approximate surface area is 92.3 Å². The minimum absolute atomic E-state index is 0.161. The van der Waals surface area contributed by atoms with Gasteiger partial charge in [-0.1, -0.05) is 43.2 Å². The first-order chi connectivity index (χ1) is 6.49. The van der Waals surface area contributed by atoms with Crippen LogP contribution in [-0.2, 0) is 0 Å². The molecule has 14 heavy (non-hydrogen) atoms. The van der Waals surface area contributed by atoms with Crippen LogP contribution in [0.25, 0.3) is 0 Å². The third kappa shape index (κ3) is 3.34. The number of alkyl halides is 1. The van der Waals surface area contributed by atoms with Crippen molar-refractivity contribution in [1.29, 1.82) is 0 Å². The third-order valence-corrected chi connectivity index (χ3v) is 2.71. The summed E-state index contributed by atoms with van der Waals surface area (Å²) >= 11 is 6.35. The second-order valence-electron chi connectivity index (χ2n) is 4.52. The van der Waals surface area contributed by atoms with Crippen molar-refractivity contribution in [1.82, 2.24) is 0 Å². The molecule has 0 radical (unpaired) electrons. The molecule has 0 amide bonds. The van der Waals surface area contributed by atoms with Crippen LogP contribution in [0.15, 0.2) is 18.2 Å². The first-order valence-corrected chi connectivity index (χ1v) is 5.65. The van der Waals surface area contributed by atoms with Crippen LogP contribution in [0.3, 0.4) is 0 Å². The highest BCUT2D eigenvalue weighted by molar-refractivity contribution is 6.20. The first-order valence-electron chi connectivity index (χ1n) is 5.21. The molecule has 1 rings (SSSR count). The summed E-state index contributed by atoms with van der Waals surface area (Å²) < 4.78 is 0. The molecule has 78 valence electrons. The Bertz CT molecular complexity index is 282. The van der Waals surface area contributed by atoms with Crippen LogP contribution < -0.4 is 0 Å². The second kappa shape index (κ2) is 4.84. The lowest BCUT2D eigenvalue weighted by molar-refractivity contribution is 0.575. The predicted molar refractivity (Wildman–Crippen MR) is 64.0 cm³/mol. The summed E-state index contributed by atoms with van der Waals surface area (Å²) in [5.41, 5.74) is 3.86. The van der Waals surface area contributed by atoms with Gasteiger partial charge in [-0.25, -0.2) is 0 Å². The van der Waals surface area contributed by atoms with Gasteiger partial charge in [0.25, 0.3) is 0 Å². The average Bonchev–Trinajstić information content (AvgIpc) is 2.00. The zero-order valence-corrected chi connectivity index (χ0v) is 10.2. The molecule has 1 atom stereocenters. The van der Waals surface area contributed by atoms with Gasteiger partial charge in [0.1, 0.15) is 0 Å². The third-order valence-electron chi connectivity index (χ3n) is 2.28. The molecule has 0 saturated heterocycles. The Morgan fingerprint density at radius 1 is 1.07 bits per heavy atom. The molecule has 0 saturated carbocycles. The molecule has 0 bridgehead atoms. The lowest BCUT2D eigenvalue weighted by Crippen LogP contribution is -1.97. The summed E-state index contributed by atoms with van der Waals surface area (Å²) in [4.78, 5) is 0. The zero-order chi connectivity index (χ0) is 10.7. The van der Waals surface area contributed by atoms with Crippen molar-refractivity contribution in [2.75, 3.05) is 0 Å². The SMILES string of the molecule is Cc1cc(C)cc(C(Cl)CC(C)C)c1. The van der Waals surface area contributed by atoms with E-state index < -0.39 is 0 Å². The number of benzene rings is 1. The van der Waals surface area contributed by atoms with E-state index in [4.69, 9.17) is 11.6 Å². The maximum absolute atomic E-state index is 6.35. The monoisotopic (exact) mass is 210 g/mol. The topological polar surface area (TPSA) is 0 Å². The number of hydrogen-bond acceptors (Lipinski definition) is 0. The summed E-state index contributed by atoms with van der Waals surface area (Å²) in [6, 6.07) is 6.56. The first kappa shape index (κ1) is 11.6. The Morgan fingerprint density at radius 3 is 2.00 bits per heavy atom. The van der Waals surface area contributed by atoms with E-state index in [2.05, 4.69) is 45.9 Å². The Kier molecular flexibility index (Phi) is 4.00. The van der Waals surface area contributed by atoms with Crippen LogP contribution in [-0.4, -0.2) is 0 Å². The molecule has 1 heteroatoms. The van der Waals surface area contributed by atoms with Crippen LogP contribution in [0.2, 0.25) is 0 Å². The summed E-state index contributed by atoms with van der Waals surface area (Å²) in [6.45, 7) is 8.65. The van der Waals surface area contributed by atoms with Gasteiger partial charge in [-0.05, 0) is 31.7 Å². The van der Waals surface area contributed by atoms with Gasteiger partial charge in [0.05, 0.1) is 5.38 Å². The van der Waals surface area contributed by atoms with E-state index in [1.54, 1.807) is 0 Å². The number of aryl methyl sites for hydroxylation is 2. The zero-order valence-electron chi connectivity index (χ0n) is 9.47. The molecule has 0 nitrogen and oxygen atoms in total. The number of rotatable bonds is 3. The van der Waals surface area contributed by atoms with Gasteiger partial charge in [0.15, 0.2) is 0 Å². The van der Waals surface area contributed by atoms with Crippen LogP contribution in [0, 0.1) is 19.8 Å². The molecular formula is C13H19Cl. The molecule has 1 aromatic carbocycles. The Balaban J connectivity index is 2.84. The highest BCUT2D eigenvalue weighted by atomic mass is 35.5. The Hall–Kier alpha value is -0.490. The lowest BCUT2D eigenvalue weighted by atomic mass is 9.99. The van der Waals surface area contributed by atoms with E-state index >= 15 is 0 Å². The van der Waals surface area contributed by atoms with Gasteiger partial charge in [-0.3, -0.25) is 0 Å². The molecule has 0 aliphatic heterocycles. The van der Waals surface area contributed by atoms with Crippen molar-refractivity contribution >= 4 is 11.6 Å². The molecule has 0 N–H and O–H groups in total. The number of halogens is 1. The van der Waals surface area contributed by atoms with Crippen molar-refractivity contribution in [2.45, 2.75) is 39.5 Å². The van der Waals surface area contributed by atoms with Crippen molar-refractivity contribution in [3.63, 3.8) is 0 Å². The van der Waals surface area contributed by atoms with E-state index in [0.29, 0.717) is 5.92 Å². The largest absolute Gasteiger partial charge is 0.118 e. The van der Waals surface area contributed by atoms with Crippen molar-refractivity contribution in [3.8, 4) is 0 Å². The van der Waals surface area contributed by atoms with E-state index in [1.165, 1.54) is 16.7 Å². The highest BCUT2D eigenvalue weighted by Gasteiger charge is 2.10. The predicted octanol–water partition coefficient (Wildman–Crippen LogP) is 4.63. The molecular weight excluding hydrogens is 192 g/mol. The molecule has 1 unspecified atom stereocenters. The van der Waals surface area contributed by atoms with Gasteiger partial charge in [0.2, 0.25) is 0 Å². The van der Waals surface area contributed by atoms with Crippen molar-refractivity contribution in [2.24, 2.45) is 5.92 Å². The summed E-state index contributed by atoms with van der Waals surface area (Å²) in [5, 5.41) is 0.161. The molecule has 0 spiro atoms. The summed E-state index contributed by atoms with van der Waals surface area (Å²) in [7, 11) is 0. The fraction of sp³-hybridized carbons (Fsp3) is 0.538. The standard InChI is InChI=1S/C13H19Cl/c1-9(2)5-13(14)12-7-10(3)6-11(4)8-12/h6-9,13H,5H2,1-4H3. The molecule has 0 aliphatic rings. The van der Waals surface area contributed by atoms with E-state index in [-0.39, 0.29) is 5.38 Å². The van der Waals surface area contributed by atoms with Gasteiger partial charge >= 0.3 is 0 Å². The molecule has 0 aromatic heterocycles. The average molecular weight is 211 g/mol. The van der Waals surface area contributed by atoms with Crippen LogP contribution in [0.4, 0.5) is 0 Å². The number of hydrogen-bond donors (Lipinski definition) is 0. The molecule has 0 fully saturated rings. The van der Waals surface area contributed by atoms with Crippen molar-refractivity contribution < 1.29 is 0 Å². The molecule has 0 heterocycles. The van der Waals surface area contributed by atoms with E-state index in [0.717, 1.165) is 6.42 Å². The van der Waals surface area contributed by atoms with Crippen molar-refractivity contribution in [3.05, 3.63) is 34.9 Å². The molecule has 0 aliphatic carbocycles. The van der Waals surface area contributed by atoms with Gasteiger partial charge < -0.3 is 0 Å². The highest BCUT2D eigenvalue weighted by Crippen LogP contribution is 2.28. The second-order valence-corrected chi connectivity index (χ2v) is 5.04. The van der Waals surface area contributed by atoms with Crippen LogP contribution >= 0.6 is 11.6 Å². The normalized spacial score (nSPS) is 13.3. The van der Waals surface area contributed by atoms with Gasteiger partial charge in [0, 0.05) is 0 Å². The summed E-state index contributed by atoms with van der Waals surface area (Å²) in [6.07, 6.45) is 1.05. The fourth-order valence-corrected chi connectivity index (χ4v) is 2.22. The summed E-state index contributed by atoms with van der Waals surface area (Å²) in [5.74, 6) is 0.651. The Morgan fingerprint density at radius 2 is 1.57 bits per heavy atom.